The number of carbonyl (C=O) groups is 1. The van der Waals surface area contributed by atoms with Crippen LogP contribution in [-0.4, -0.2) is 23.0 Å². The normalized spacial score (nSPS) is 10.0. The average molecular weight is 232 g/mol. The number of hydrogen-bond donors (Lipinski definition) is 0. The van der Waals surface area contributed by atoms with Gasteiger partial charge in [-0.2, -0.15) is 4.39 Å². The molecule has 0 amide bonds. The monoisotopic (exact) mass is 232 g/mol. The first-order valence-electron chi connectivity index (χ1n) is 4.88. The van der Waals surface area contributed by atoms with Crippen LogP contribution in [0.2, 0.25) is 0 Å². The Morgan fingerprint density at radius 2 is 2.12 bits per heavy atom. The quantitative estimate of drug-likeness (QED) is 0.587. The summed E-state index contributed by atoms with van der Waals surface area (Å²) in [5, 5.41) is 0. The second-order valence-electron chi connectivity index (χ2n) is 3.24. The van der Waals surface area contributed by atoms with E-state index in [2.05, 4.69) is 14.7 Å². The van der Waals surface area contributed by atoms with Gasteiger partial charge in [-0.05, 0) is 24.3 Å². The van der Waals surface area contributed by atoms with E-state index in [-0.39, 0.29) is 11.3 Å². The molecule has 2 aromatic rings. The summed E-state index contributed by atoms with van der Waals surface area (Å²) >= 11 is 0. The molecule has 0 aliphatic rings. The highest BCUT2D eigenvalue weighted by Crippen LogP contribution is 2.19. The van der Waals surface area contributed by atoms with Gasteiger partial charge in [0, 0.05) is 6.20 Å². The van der Waals surface area contributed by atoms with E-state index in [1.807, 2.05) is 0 Å². The van der Waals surface area contributed by atoms with Gasteiger partial charge in [-0.15, -0.1) is 0 Å². The fourth-order valence-electron chi connectivity index (χ4n) is 1.38. The van der Waals surface area contributed by atoms with E-state index in [0.29, 0.717) is 5.69 Å². The standard InChI is InChI=1S/C12H9FN2O2/c1-17-12(16)10-6-2-5-9(15-10)8-4-3-7-14-11(8)13/h2-7H,1H3. The third-order valence-electron chi connectivity index (χ3n) is 2.18. The van der Waals surface area contributed by atoms with Crippen molar-refractivity contribution in [3.05, 3.63) is 48.2 Å². The maximum Gasteiger partial charge on any atom is 0.356 e. The minimum absolute atomic E-state index is 0.133. The van der Waals surface area contributed by atoms with Crippen molar-refractivity contribution in [3.63, 3.8) is 0 Å². The summed E-state index contributed by atoms with van der Waals surface area (Å²) in [7, 11) is 1.27. The second-order valence-corrected chi connectivity index (χ2v) is 3.24. The van der Waals surface area contributed by atoms with Crippen LogP contribution in [0.15, 0.2) is 36.5 Å². The van der Waals surface area contributed by atoms with Gasteiger partial charge in [0.1, 0.15) is 5.69 Å². The Labute approximate surface area is 97.1 Å². The highest BCUT2D eigenvalue weighted by atomic mass is 19.1. The summed E-state index contributed by atoms with van der Waals surface area (Å²) in [6.45, 7) is 0. The van der Waals surface area contributed by atoms with Gasteiger partial charge in [-0.25, -0.2) is 14.8 Å². The molecule has 0 atom stereocenters. The average Bonchev–Trinajstić information content (AvgIpc) is 2.38. The fraction of sp³-hybridized carbons (Fsp3) is 0.0833. The molecule has 0 aliphatic heterocycles. The minimum atomic E-state index is -0.623. The molecule has 0 radical (unpaired) electrons. The molecule has 0 saturated carbocycles. The third kappa shape index (κ3) is 2.28. The van der Waals surface area contributed by atoms with Gasteiger partial charge >= 0.3 is 5.97 Å². The van der Waals surface area contributed by atoms with Crippen LogP contribution in [0.5, 0.6) is 0 Å². The maximum atomic E-state index is 13.4. The van der Waals surface area contributed by atoms with E-state index in [4.69, 9.17) is 0 Å². The van der Waals surface area contributed by atoms with Crippen LogP contribution in [0.3, 0.4) is 0 Å². The smallest absolute Gasteiger partial charge is 0.356 e. The lowest BCUT2D eigenvalue weighted by molar-refractivity contribution is 0.0594. The van der Waals surface area contributed by atoms with Crippen molar-refractivity contribution in [1.29, 1.82) is 0 Å². The van der Waals surface area contributed by atoms with Crippen LogP contribution >= 0.6 is 0 Å². The highest BCUT2D eigenvalue weighted by molar-refractivity contribution is 5.87. The lowest BCUT2D eigenvalue weighted by atomic mass is 10.2. The van der Waals surface area contributed by atoms with E-state index < -0.39 is 11.9 Å². The summed E-state index contributed by atoms with van der Waals surface area (Å²) in [4.78, 5) is 18.8. The molecule has 0 N–H and O–H groups in total. The molecule has 0 saturated heterocycles. The molecule has 0 bridgehead atoms. The Hall–Kier alpha value is -2.30. The number of halogens is 1. The molecule has 2 aromatic heterocycles. The van der Waals surface area contributed by atoms with Crippen molar-refractivity contribution in [1.82, 2.24) is 9.97 Å². The molecule has 0 fully saturated rings. The zero-order valence-corrected chi connectivity index (χ0v) is 9.05. The molecule has 4 nitrogen and oxygen atoms in total. The first-order valence-corrected chi connectivity index (χ1v) is 4.88. The molecule has 0 spiro atoms. The van der Waals surface area contributed by atoms with Crippen LogP contribution in [0.1, 0.15) is 10.5 Å². The minimum Gasteiger partial charge on any atom is -0.464 e. The zero-order chi connectivity index (χ0) is 12.3. The van der Waals surface area contributed by atoms with Crippen molar-refractivity contribution >= 4 is 5.97 Å². The van der Waals surface area contributed by atoms with E-state index in [1.54, 1.807) is 24.3 Å². The van der Waals surface area contributed by atoms with E-state index in [0.717, 1.165) is 0 Å². The fourth-order valence-corrected chi connectivity index (χ4v) is 1.38. The summed E-state index contributed by atoms with van der Waals surface area (Å²) in [5.74, 6) is -1.18. The van der Waals surface area contributed by atoms with Crippen molar-refractivity contribution in [3.8, 4) is 11.3 Å². The molecular weight excluding hydrogens is 223 g/mol. The number of nitrogens with zero attached hydrogens (tertiary/aromatic N) is 2. The SMILES string of the molecule is COC(=O)c1cccc(-c2cccnc2F)n1. The van der Waals surface area contributed by atoms with Gasteiger partial charge < -0.3 is 4.74 Å². The molecule has 2 rings (SSSR count). The summed E-state index contributed by atoms with van der Waals surface area (Å²) in [6.07, 6.45) is 1.35. The van der Waals surface area contributed by atoms with Gasteiger partial charge in [0.25, 0.3) is 0 Å². The van der Waals surface area contributed by atoms with Crippen LogP contribution in [0.25, 0.3) is 11.3 Å². The van der Waals surface area contributed by atoms with E-state index in [9.17, 15) is 9.18 Å². The summed E-state index contributed by atoms with van der Waals surface area (Å²) in [5.41, 5.74) is 0.727. The lowest BCUT2D eigenvalue weighted by Crippen LogP contribution is -2.04. The predicted octanol–water partition coefficient (Wildman–Crippen LogP) is 2.07. The number of rotatable bonds is 2. The first-order chi connectivity index (χ1) is 8.22. The van der Waals surface area contributed by atoms with Gasteiger partial charge in [0.15, 0.2) is 0 Å². The summed E-state index contributed by atoms with van der Waals surface area (Å²) < 4.78 is 18.0. The van der Waals surface area contributed by atoms with Crippen LogP contribution in [0.4, 0.5) is 4.39 Å². The molecule has 0 unspecified atom stereocenters. The molecule has 5 heteroatoms. The number of aromatic nitrogens is 2. The molecule has 0 aromatic carbocycles. The highest BCUT2D eigenvalue weighted by Gasteiger charge is 2.11. The van der Waals surface area contributed by atoms with Crippen molar-refractivity contribution < 1.29 is 13.9 Å². The predicted molar refractivity (Wildman–Crippen MR) is 58.8 cm³/mol. The molecule has 86 valence electrons. The number of hydrogen-bond acceptors (Lipinski definition) is 4. The van der Waals surface area contributed by atoms with Crippen LogP contribution < -0.4 is 0 Å². The molecule has 0 aliphatic carbocycles. The van der Waals surface area contributed by atoms with Crippen molar-refractivity contribution in [2.45, 2.75) is 0 Å². The molecular formula is C12H9FN2O2. The Morgan fingerprint density at radius 3 is 2.82 bits per heavy atom. The van der Waals surface area contributed by atoms with Gasteiger partial charge in [-0.1, -0.05) is 6.07 Å². The molecule has 2 heterocycles. The molecule has 17 heavy (non-hydrogen) atoms. The number of pyridine rings is 2. The maximum absolute atomic E-state index is 13.4. The van der Waals surface area contributed by atoms with Crippen molar-refractivity contribution in [2.75, 3.05) is 7.11 Å². The number of ether oxygens (including phenoxy) is 1. The first kappa shape index (κ1) is 11.2. The zero-order valence-electron chi connectivity index (χ0n) is 9.05. The topological polar surface area (TPSA) is 52.1 Å². The van der Waals surface area contributed by atoms with Gasteiger partial charge in [-0.3, -0.25) is 0 Å². The summed E-state index contributed by atoms with van der Waals surface area (Å²) in [6, 6.07) is 7.87. The van der Waals surface area contributed by atoms with E-state index in [1.165, 1.54) is 19.4 Å². The number of esters is 1. The van der Waals surface area contributed by atoms with Crippen LogP contribution in [0, 0.1) is 5.95 Å². The number of carbonyl (C=O) groups excluding carboxylic acids is 1. The Balaban J connectivity index is 2.47. The van der Waals surface area contributed by atoms with E-state index >= 15 is 0 Å². The Kier molecular flexibility index (Phi) is 3.09. The van der Waals surface area contributed by atoms with Crippen LogP contribution in [-0.2, 0) is 4.74 Å². The Morgan fingerprint density at radius 1 is 1.29 bits per heavy atom. The third-order valence-corrected chi connectivity index (χ3v) is 2.18. The van der Waals surface area contributed by atoms with Gasteiger partial charge in [0.05, 0.1) is 18.4 Å². The lowest BCUT2D eigenvalue weighted by Gasteiger charge is -2.03. The Bertz CT molecular complexity index is 558. The second kappa shape index (κ2) is 4.69. The van der Waals surface area contributed by atoms with Crippen molar-refractivity contribution in [2.24, 2.45) is 0 Å². The largest absolute Gasteiger partial charge is 0.464 e. The number of methoxy groups -OCH3 is 1. The van der Waals surface area contributed by atoms with Gasteiger partial charge in [0.2, 0.25) is 5.95 Å².